The van der Waals surface area contributed by atoms with Gasteiger partial charge in [0.15, 0.2) is 0 Å². The molecule has 0 bridgehead atoms. The van der Waals surface area contributed by atoms with E-state index < -0.39 is 24.1 Å². The van der Waals surface area contributed by atoms with E-state index in [1.165, 1.54) is 0 Å². The molecule has 0 radical (unpaired) electrons. The van der Waals surface area contributed by atoms with Crippen molar-refractivity contribution in [2.75, 3.05) is 5.32 Å². The number of hydrogen-bond acceptors (Lipinski definition) is 3. The Hall–Kier alpha value is -1.94. The van der Waals surface area contributed by atoms with Crippen LogP contribution in [0.3, 0.4) is 0 Å². The Morgan fingerprint density at radius 3 is 2.65 bits per heavy atom. The Bertz CT molecular complexity index is 502. The summed E-state index contributed by atoms with van der Waals surface area (Å²) in [5.41, 5.74) is -0.428. The van der Waals surface area contributed by atoms with Crippen molar-refractivity contribution in [2.45, 2.75) is 6.42 Å². The predicted octanol–water partition coefficient (Wildman–Crippen LogP) is 2.14. The van der Waals surface area contributed by atoms with Crippen LogP contribution in [0.25, 0.3) is 0 Å². The molecule has 0 fully saturated rings. The highest BCUT2D eigenvalue weighted by molar-refractivity contribution is 9.10. The zero-order valence-corrected chi connectivity index (χ0v) is 9.91. The molecule has 0 aliphatic carbocycles. The first kappa shape index (κ1) is 13.1. The monoisotopic (exact) mass is 300 g/mol. The minimum atomic E-state index is -1.28. The summed E-state index contributed by atoms with van der Waals surface area (Å²) in [5.74, 6) is -2.84. The number of rotatable bonds is 3. The summed E-state index contributed by atoms with van der Waals surface area (Å²) in [4.78, 5) is 21.7. The average Bonchev–Trinajstić information content (AvgIpc) is 2.23. The molecule has 0 aromatic heterocycles. The second kappa shape index (κ2) is 5.41. The number of carbonyl (C=O) groups excluding carboxylic acids is 1. The quantitative estimate of drug-likeness (QED) is 0.895. The van der Waals surface area contributed by atoms with Crippen LogP contribution in [-0.4, -0.2) is 17.0 Å². The van der Waals surface area contributed by atoms with Gasteiger partial charge in [0.25, 0.3) is 0 Å². The van der Waals surface area contributed by atoms with Crippen LogP contribution < -0.4 is 5.32 Å². The highest BCUT2D eigenvalue weighted by Crippen LogP contribution is 2.27. The molecule has 1 aromatic carbocycles. The Kier molecular flexibility index (Phi) is 4.17. The molecule has 0 aliphatic heterocycles. The number of hydrogen-bond donors (Lipinski definition) is 2. The van der Waals surface area contributed by atoms with Crippen molar-refractivity contribution < 1.29 is 19.1 Å². The molecule has 0 saturated heterocycles. The molecule has 0 spiro atoms. The molecule has 1 rings (SSSR count). The van der Waals surface area contributed by atoms with E-state index in [-0.39, 0.29) is 15.7 Å². The summed E-state index contributed by atoms with van der Waals surface area (Å²) in [6, 6.07) is 3.56. The number of nitrogens with zero attached hydrogens (tertiary/aromatic N) is 1. The van der Waals surface area contributed by atoms with Crippen molar-refractivity contribution in [3.05, 3.63) is 28.0 Å². The Labute approximate surface area is 104 Å². The zero-order valence-electron chi connectivity index (χ0n) is 8.33. The van der Waals surface area contributed by atoms with E-state index in [1.807, 2.05) is 0 Å². The topological polar surface area (TPSA) is 90.2 Å². The second-order valence-corrected chi connectivity index (χ2v) is 3.86. The molecule has 88 valence electrons. The van der Waals surface area contributed by atoms with Crippen LogP contribution in [0.4, 0.5) is 10.1 Å². The molecule has 17 heavy (non-hydrogen) atoms. The van der Waals surface area contributed by atoms with E-state index in [0.29, 0.717) is 0 Å². The van der Waals surface area contributed by atoms with Gasteiger partial charge >= 0.3 is 5.97 Å². The van der Waals surface area contributed by atoms with Crippen molar-refractivity contribution >= 4 is 33.5 Å². The van der Waals surface area contributed by atoms with Gasteiger partial charge in [-0.2, -0.15) is 5.26 Å². The summed E-state index contributed by atoms with van der Waals surface area (Å²) in [6.07, 6.45) is -0.410. The number of nitriles is 1. The van der Waals surface area contributed by atoms with Gasteiger partial charge in [0, 0.05) is 4.47 Å². The molecule has 0 atom stereocenters. The third kappa shape index (κ3) is 3.26. The number of aromatic carboxylic acids is 1. The minimum Gasteiger partial charge on any atom is -0.478 e. The Morgan fingerprint density at radius 1 is 1.53 bits per heavy atom. The number of benzene rings is 1. The largest absolute Gasteiger partial charge is 0.478 e. The Balaban J connectivity index is 3.07. The molecular formula is C10H6BrFN2O3. The van der Waals surface area contributed by atoms with Crippen LogP contribution in [0.5, 0.6) is 0 Å². The average molecular weight is 301 g/mol. The molecular weight excluding hydrogens is 295 g/mol. The first-order valence-corrected chi connectivity index (χ1v) is 5.14. The Morgan fingerprint density at radius 2 is 2.18 bits per heavy atom. The third-order valence-electron chi connectivity index (χ3n) is 1.79. The first-order valence-electron chi connectivity index (χ1n) is 4.35. The van der Waals surface area contributed by atoms with Gasteiger partial charge in [-0.3, -0.25) is 4.79 Å². The standard InChI is InChI=1S/C10H6BrFN2O3/c11-6-3-5(10(16)17)4-7(12)9(6)14-8(15)1-2-13/h3-4H,1H2,(H,14,15)(H,16,17). The van der Waals surface area contributed by atoms with Crippen LogP contribution in [0.1, 0.15) is 16.8 Å². The van der Waals surface area contributed by atoms with Gasteiger partial charge < -0.3 is 10.4 Å². The fourth-order valence-electron chi connectivity index (χ4n) is 1.07. The summed E-state index contributed by atoms with van der Waals surface area (Å²) in [7, 11) is 0. The van der Waals surface area contributed by atoms with Crippen molar-refractivity contribution in [1.29, 1.82) is 5.26 Å². The van der Waals surface area contributed by atoms with Crippen molar-refractivity contribution in [3.63, 3.8) is 0 Å². The number of nitrogens with one attached hydrogen (secondary N) is 1. The lowest BCUT2D eigenvalue weighted by Gasteiger charge is -2.08. The van der Waals surface area contributed by atoms with Crippen LogP contribution in [0.2, 0.25) is 0 Å². The molecule has 7 heteroatoms. The van der Waals surface area contributed by atoms with Gasteiger partial charge in [-0.15, -0.1) is 0 Å². The normalized spacial score (nSPS) is 9.47. The number of carbonyl (C=O) groups is 2. The lowest BCUT2D eigenvalue weighted by Crippen LogP contribution is -2.12. The maximum Gasteiger partial charge on any atom is 0.335 e. The number of anilines is 1. The van der Waals surface area contributed by atoms with Gasteiger partial charge in [0.1, 0.15) is 12.2 Å². The highest BCUT2D eigenvalue weighted by Gasteiger charge is 2.14. The number of amides is 1. The van der Waals surface area contributed by atoms with Crippen LogP contribution >= 0.6 is 15.9 Å². The highest BCUT2D eigenvalue weighted by atomic mass is 79.9. The first-order chi connectivity index (χ1) is 7.95. The van der Waals surface area contributed by atoms with E-state index in [1.54, 1.807) is 6.07 Å². The zero-order chi connectivity index (χ0) is 13.0. The molecule has 0 saturated carbocycles. The fraction of sp³-hybridized carbons (Fsp3) is 0.100. The van der Waals surface area contributed by atoms with Crippen LogP contribution in [0, 0.1) is 17.1 Å². The summed E-state index contributed by atoms with van der Waals surface area (Å²) < 4.78 is 13.6. The van der Waals surface area contributed by atoms with Gasteiger partial charge in [-0.25, -0.2) is 9.18 Å². The van der Waals surface area contributed by atoms with Crippen LogP contribution in [0.15, 0.2) is 16.6 Å². The van der Waals surface area contributed by atoms with Gasteiger partial charge in [0.05, 0.1) is 17.3 Å². The lowest BCUT2D eigenvalue weighted by molar-refractivity contribution is -0.115. The second-order valence-electron chi connectivity index (χ2n) is 3.00. The molecule has 0 heterocycles. The molecule has 0 unspecified atom stereocenters. The van der Waals surface area contributed by atoms with E-state index in [2.05, 4.69) is 21.2 Å². The maximum absolute atomic E-state index is 13.5. The minimum absolute atomic E-state index is 0.0983. The molecule has 1 aromatic rings. The summed E-state index contributed by atoms with van der Waals surface area (Å²) >= 11 is 2.94. The molecule has 1 amide bonds. The van der Waals surface area contributed by atoms with Crippen LogP contribution in [-0.2, 0) is 4.79 Å². The number of halogens is 2. The molecule has 2 N–H and O–H groups in total. The fourth-order valence-corrected chi connectivity index (χ4v) is 1.61. The SMILES string of the molecule is N#CCC(=O)Nc1c(F)cc(C(=O)O)cc1Br. The van der Waals surface area contributed by atoms with E-state index in [9.17, 15) is 14.0 Å². The van der Waals surface area contributed by atoms with Crippen molar-refractivity contribution in [2.24, 2.45) is 0 Å². The summed E-state index contributed by atoms with van der Waals surface area (Å²) in [6.45, 7) is 0. The van der Waals surface area contributed by atoms with E-state index in [4.69, 9.17) is 10.4 Å². The molecule has 5 nitrogen and oxygen atoms in total. The van der Waals surface area contributed by atoms with Crippen molar-refractivity contribution in [1.82, 2.24) is 0 Å². The third-order valence-corrected chi connectivity index (χ3v) is 2.42. The molecule has 0 aliphatic rings. The smallest absolute Gasteiger partial charge is 0.335 e. The van der Waals surface area contributed by atoms with Gasteiger partial charge in [-0.1, -0.05) is 0 Å². The van der Waals surface area contributed by atoms with Gasteiger partial charge in [-0.05, 0) is 28.1 Å². The number of carboxylic acid groups (broad SMARTS) is 1. The lowest BCUT2D eigenvalue weighted by atomic mass is 10.2. The van der Waals surface area contributed by atoms with Crippen molar-refractivity contribution in [3.8, 4) is 6.07 Å². The van der Waals surface area contributed by atoms with E-state index in [0.717, 1.165) is 12.1 Å². The van der Waals surface area contributed by atoms with Gasteiger partial charge in [0.2, 0.25) is 5.91 Å². The number of carboxylic acids is 1. The summed E-state index contributed by atoms with van der Waals surface area (Å²) in [5, 5.41) is 19.1. The predicted molar refractivity (Wildman–Crippen MR) is 59.9 cm³/mol. The van der Waals surface area contributed by atoms with E-state index >= 15 is 0 Å². The maximum atomic E-state index is 13.5.